The van der Waals surface area contributed by atoms with Crippen molar-refractivity contribution in [3.8, 4) is 11.3 Å². The van der Waals surface area contributed by atoms with Crippen LogP contribution < -0.4 is 5.32 Å². The number of carbonyl (C=O) groups is 1. The zero-order valence-corrected chi connectivity index (χ0v) is 13.5. The predicted molar refractivity (Wildman–Crippen MR) is 88.7 cm³/mol. The van der Waals surface area contributed by atoms with Crippen LogP contribution in [-0.4, -0.2) is 20.7 Å². The normalized spacial score (nSPS) is 10.6. The lowest BCUT2D eigenvalue weighted by Gasteiger charge is -2.08. The van der Waals surface area contributed by atoms with Gasteiger partial charge in [0, 0.05) is 43.3 Å². The summed E-state index contributed by atoms with van der Waals surface area (Å²) >= 11 is 0. The standard InChI is InChI=1S/C18H17FN4O/c1-12-3-4-14(8-16(12)19)18(24)21-10-13-7-15(11-20-9-13)17-5-6-22-23(17)2/h3-9,11H,10H2,1-2H3,(H,21,24). The van der Waals surface area contributed by atoms with E-state index in [1.165, 1.54) is 6.07 Å². The third-order valence-corrected chi connectivity index (χ3v) is 3.80. The Morgan fingerprint density at radius 3 is 2.79 bits per heavy atom. The molecule has 122 valence electrons. The van der Waals surface area contributed by atoms with E-state index < -0.39 is 0 Å². The Morgan fingerprint density at radius 2 is 2.08 bits per heavy atom. The molecule has 2 aromatic heterocycles. The van der Waals surface area contributed by atoms with Gasteiger partial charge >= 0.3 is 0 Å². The van der Waals surface area contributed by atoms with E-state index in [4.69, 9.17) is 0 Å². The molecule has 0 aliphatic heterocycles. The largest absolute Gasteiger partial charge is 0.348 e. The molecule has 2 heterocycles. The summed E-state index contributed by atoms with van der Waals surface area (Å²) < 4.78 is 15.3. The fourth-order valence-corrected chi connectivity index (χ4v) is 2.40. The first-order chi connectivity index (χ1) is 11.5. The van der Waals surface area contributed by atoms with Crippen molar-refractivity contribution in [2.75, 3.05) is 0 Å². The number of hydrogen-bond donors (Lipinski definition) is 1. The summed E-state index contributed by atoms with van der Waals surface area (Å²) in [6.07, 6.45) is 5.16. The fourth-order valence-electron chi connectivity index (χ4n) is 2.40. The van der Waals surface area contributed by atoms with Crippen molar-refractivity contribution in [3.05, 3.63) is 71.4 Å². The van der Waals surface area contributed by atoms with Crippen LogP contribution in [-0.2, 0) is 13.6 Å². The van der Waals surface area contributed by atoms with E-state index in [0.29, 0.717) is 17.7 Å². The maximum absolute atomic E-state index is 13.6. The quantitative estimate of drug-likeness (QED) is 0.803. The Kier molecular flexibility index (Phi) is 4.37. The van der Waals surface area contributed by atoms with Crippen LogP contribution in [0.3, 0.4) is 0 Å². The highest BCUT2D eigenvalue weighted by Crippen LogP contribution is 2.18. The molecule has 0 atom stereocenters. The smallest absolute Gasteiger partial charge is 0.251 e. The van der Waals surface area contributed by atoms with E-state index in [-0.39, 0.29) is 11.7 Å². The Hall–Kier alpha value is -3.02. The molecule has 0 aliphatic rings. The molecule has 0 spiro atoms. The van der Waals surface area contributed by atoms with Crippen LogP contribution in [0.2, 0.25) is 0 Å². The molecule has 0 bridgehead atoms. The van der Waals surface area contributed by atoms with E-state index in [0.717, 1.165) is 16.8 Å². The molecule has 24 heavy (non-hydrogen) atoms. The molecule has 1 aromatic carbocycles. The maximum Gasteiger partial charge on any atom is 0.251 e. The van der Waals surface area contributed by atoms with Crippen LogP contribution in [0.4, 0.5) is 4.39 Å². The van der Waals surface area contributed by atoms with Crippen molar-refractivity contribution < 1.29 is 9.18 Å². The SMILES string of the molecule is Cc1ccc(C(=O)NCc2cncc(-c3ccnn3C)c2)cc1F. The van der Waals surface area contributed by atoms with Gasteiger partial charge in [0.05, 0.1) is 5.69 Å². The minimum atomic E-state index is -0.387. The summed E-state index contributed by atoms with van der Waals surface area (Å²) in [5.41, 5.74) is 3.53. The van der Waals surface area contributed by atoms with E-state index in [1.54, 1.807) is 42.3 Å². The van der Waals surface area contributed by atoms with Gasteiger partial charge in [0.15, 0.2) is 0 Å². The van der Waals surface area contributed by atoms with Gasteiger partial charge in [-0.1, -0.05) is 6.07 Å². The lowest BCUT2D eigenvalue weighted by Crippen LogP contribution is -2.23. The summed E-state index contributed by atoms with van der Waals surface area (Å²) in [5.74, 6) is -0.706. The molecule has 5 nitrogen and oxygen atoms in total. The highest BCUT2D eigenvalue weighted by Gasteiger charge is 2.09. The number of aromatic nitrogens is 3. The molecular weight excluding hydrogens is 307 g/mol. The first-order valence-corrected chi connectivity index (χ1v) is 7.51. The number of amides is 1. The molecule has 0 radical (unpaired) electrons. The number of halogens is 1. The third-order valence-electron chi connectivity index (χ3n) is 3.80. The summed E-state index contributed by atoms with van der Waals surface area (Å²) in [4.78, 5) is 16.3. The molecular formula is C18H17FN4O. The van der Waals surface area contributed by atoms with Gasteiger partial charge in [-0.15, -0.1) is 0 Å². The minimum absolute atomic E-state index is 0.300. The molecule has 0 fully saturated rings. The molecule has 0 saturated carbocycles. The second kappa shape index (κ2) is 6.62. The topological polar surface area (TPSA) is 59.8 Å². The van der Waals surface area contributed by atoms with Gasteiger partial charge in [-0.25, -0.2) is 4.39 Å². The highest BCUT2D eigenvalue weighted by atomic mass is 19.1. The minimum Gasteiger partial charge on any atom is -0.348 e. The number of rotatable bonds is 4. The average Bonchev–Trinajstić information content (AvgIpc) is 3.01. The zero-order chi connectivity index (χ0) is 17.1. The van der Waals surface area contributed by atoms with Gasteiger partial charge in [0.1, 0.15) is 5.82 Å². The number of aryl methyl sites for hydroxylation is 2. The van der Waals surface area contributed by atoms with Crippen molar-refractivity contribution in [2.45, 2.75) is 13.5 Å². The van der Waals surface area contributed by atoms with Crippen LogP contribution in [0, 0.1) is 12.7 Å². The van der Waals surface area contributed by atoms with Crippen molar-refractivity contribution >= 4 is 5.91 Å². The van der Waals surface area contributed by atoms with Gasteiger partial charge in [0.2, 0.25) is 0 Å². The fraction of sp³-hybridized carbons (Fsp3) is 0.167. The number of carbonyl (C=O) groups excluding carboxylic acids is 1. The summed E-state index contributed by atoms with van der Waals surface area (Å²) in [6, 6.07) is 8.29. The monoisotopic (exact) mass is 324 g/mol. The van der Waals surface area contributed by atoms with Crippen molar-refractivity contribution in [1.29, 1.82) is 0 Å². The van der Waals surface area contributed by atoms with Crippen LogP contribution in [0.1, 0.15) is 21.5 Å². The van der Waals surface area contributed by atoms with E-state index in [1.807, 2.05) is 19.2 Å². The Bertz CT molecular complexity index is 888. The second-order valence-corrected chi connectivity index (χ2v) is 5.57. The van der Waals surface area contributed by atoms with Crippen molar-refractivity contribution in [3.63, 3.8) is 0 Å². The van der Waals surface area contributed by atoms with Crippen LogP contribution >= 0.6 is 0 Å². The second-order valence-electron chi connectivity index (χ2n) is 5.57. The molecule has 0 unspecified atom stereocenters. The number of pyridine rings is 1. The molecule has 6 heteroatoms. The first kappa shape index (κ1) is 15.9. The number of nitrogens with zero attached hydrogens (tertiary/aromatic N) is 3. The van der Waals surface area contributed by atoms with Gasteiger partial charge in [0.25, 0.3) is 5.91 Å². The van der Waals surface area contributed by atoms with Crippen LogP contribution in [0.5, 0.6) is 0 Å². The number of hydrogen-bond acceptors (Lipinski definition) is 3. The zero-order valence-electron chi connectivity index (χ0n) is 13.5. The predicted octanol–water partition coefficient (Wildman–Crippen LogP) is 2.86. The molecule has 0 aliphatic carbocycles. The first-order valence-electron chi connectivity index (χ1n) is 7.51. The Balaban J connectivity index is 1.71. The Labute approximate surface area is 139 Å². The summed E-state index contributed by atoms with van der Waals surface area (Å²) in [7, 11) is 1.86. The lowest BCUT2D eigenvalue weighted by molar-refractivity contribution is 0.0950. The number of nitrogens with one attached hydrogen (secondary N) is 1. The van der Waals surface area contributed by atoms with Gasteiger partial charge < -0.3 is 5.32 Å². The molecule has 1 N–H and O–H groups in total. The van der Waals surface area contributed by atoms with Crippen LogP contribution in [0.25, 0.3) is 11.3 Å². The summed E-state index contributed by atoms with van der Waals surface area (Å²) in [6.45, 7) is 1.97. The third kappa shape index (κ3) is 3.32. The van der Waals surface area contributed by atoms with Crippen LogP contribution in [0.15, 0.2) is 48.9 Å². The van der Waals surface area contributed by atoms with Gasteiger partial charge in [-0.05, 0) is 42.3 Å². The molecule has 0 saturated heterocycles. The Morgan fingerprint density at radius 1 is 1.25 bits per heavy atom. The van der Waals surface area contributed by atoms with E-state index in [9.17, 15) is 9.18 Å². The van der Waals surface area contributed by atoms with Gasteiger partial charge in [-0.3, -0.25) is 14.5 Å². The highest BCUT2D eigenvalue weighted by molar-refractivity contribution is 5.94. The van der Waals surface area contributed by atoms with E-state index >= 15 is 0 Å². The number of benzene rings is 1. The summed E-state index contributed by atoms with van der Waals surface area (Å²) in [5, 5.41) is 6.92. The maximum atomic E-state index is 13.6. The average molecular weight is 324 g/mol. The lowest BCUT2D eigenvalue weighted by atomic mass is 10.1. The van der Waals surface area contributed by atoms with Gasteiger partial charge in [-0.2, -0.15) is 5.10 Å². The van der Waals surface area contributed by atoms with E-state index in [2.05, 4.69) is 15.4 Å². The van der Waals surface area contributed by atoms with Crippen molar-refractivity contribution in [2.24, 2.45) is 7.05 Å². The molecule has 3 rings (SSSR count). The van der Waals surface area contributed by atoms with Crippen molar-refractivity contribution in [1.82, 2.24) is 20.1 Å². The molecule has 1 amide bonds. The molecule has 3 aromatic rings.